The van der Waals surface area contributed by atoms with Gasteiger partial charge in [0.25, 0.3) is 0 Å². The van der Waals surface area contributed by atoms with Gasteiger partial charge in [-0.05, 0) is 61.3 Å². The molecule has 1 spiro atoms. The van der Waals surface area contributed by atoms with E-state index in [1.807, 2.05) is 23.0 Å². The molecule has 0 saturated carbocycles. The summed E-state index contributed by atoms with van der Waals surface area (Å²) in [7, 11) is 0. The number of hydrogen-bond acceptors (Lipinski definition) is 5. The van der Waals surface area contributed by atoms with Gasteiger partial charge in [-0.3, -0.25) is 14.7 Å². The van der Waals surface area contributed by atoms with Crippen LogP contribution in [0.2, 0.25) is 0 Å². The number of fused-ring (bicyclic) bond motifs is 1. The molecule has 1 fully saturated rings. The van der Waals surface area contributed by atoms with E-state index in [1.165, 1.54) is 18.4 Å². The highest BCUT2D eigenvalue weighted by Crippen LogP contribution is 2.39. The van der Waals surface area contributed by atoms with E-state index in [-0.39, 0.29) is 11.3 Å². The first kappa shape index (κ1) is 25.5. The maximum absolute atomic E-state index is 13.0. The van der Waals surface area contributed by atoms with E-state index in [0.29, 0.717) is 19.6 Å². The molecule has 7 heteroatoms. The largest absolute Gasteiger partial charge is 0.492 e. The maximum Gasteiger partial charge on any atom is 0.224 e. The Labute approximate surface area is 220 Å². The quantitative estimate of drug-likeness (QED) is 0.512. The average Bonchev–Trinajstić information content (AvgIpc) is 3.45. The molecule has 7 nitrogen and oxygen atoms in total. The number of carbonyl (C=O) groups excluding carboxylic acids is 1. The monoisotopic (exact) mass is 501 g/mol. The molecule has 0 atom stereocenters. The molecule has 0 bridgehead atoms. The predicted octanol–water partition coefficient (Wildman–Crippen LogP) is 4.58. The summed E-state index contributed by atoms with van der Waals surface area (Å²) in [5, 5.41) is 0. The standard InChI is InChI=1S/C30H39N5O2/c36-29(11-17-33-20-16-31-25-33)35-18-13-30(14-19-35)12-5-3-8-26-7-1-2-10-28(26)37-22-21-34(24-30)23-27-9-4-6-15-32-27/h1-2,4,6-7,9-10,15-16,20,25H,3,5,8,11-14,17-19,21-24H2. The second-order valence-electron chi connectivity index (χ2n) is 10.6. The second-order valence-corrected chi connectivity index (χ2v) is 10.6. The summed E-state index contributed by atoms with van der Waals surface area (Å²) in [5.41, 5.74) is 2.62. The van der Waals surface area contributed by atoms with Gasteiger partial charge in [0.2, 0.25) is 5.91 Å². The summed E-state index contributed by atoms with van der Waals surface area (Å²) in [6.45, 7) is 5.75. The molecule has 4 heterocycles. The Kier molecular flexibility index (Phi) is 8.51. The number of aromatic nitrogens is 3. The summed E-state index contributed by atoms with van der Waals surface area (Å²) in [6, 6.07) is 14.6. The highest BCUT2D eigenvalue weighted by molar-refractivity contribution is 5.76. The van der Waals surface area contributed by atoms with Gasteiger partial charge in [-0.15, -0.1) is 0 Å². The van der Waals surface area contributed by atoms with Crippen molar-refractivity contribution >= 4 is 5.91 Å². The fraction of sp³-hybridized carbons (Fsp3) is 0.500. The Morgan fingerprint density at radius 1 is 0.973 bits per heavy atom. The van der Waals surface area contributed by atoms with E-state index in [2.05, 4.69) is 56.2 Å². The van der Waals surface area contributed by atoms with Crippen molar-refractivity contribution in [1.82, 2.24) is 24.3 Å². The summed E-state index contributed by atoms with van der Waals surface area (Å²) < 4.78 is 8.27. The molecule has 1 aromatic carbocycles. The molecule has 5 rings (SSSR count). The van der Waals surface area contributed by atoms with Crippen LogP contribution in [-0.4, -0.2) is 63.0 Å². The number of pyridine rings is 1. The van der Waals surface area contributed by atoms with E-state index in [0.717, 1.165) is 69.9 Å². The smallest absolute Gasteiger partial charge is 0.224 e. The van der Waals surface area contributed by atoms with Gasteiger partial charge in [0, 0.05) is 64.3 Å². The van der Waals surface area contributed by atoms with Gasteiger partial charge in [0.05, 0.1) is 12.0 Å². The molecule has 2 aromatic heterocycles. The Bertz CT molecular complexity index is 1110. The molecular weight excluding hydrogens is 462 g/mol. The van der Waals surface area contributed by atoms with Crippen LogP contribution < -0.4 is 4.74 Å². The number of likely N-dealkylation sites (tertiary alicyclic amines) is 1. The van der Waals surface area contributed by atoms with E-state index in [9.17, 15) is 4.79 Å². The topological polar surface area (TPSA) is 63.5 Å². The molecule has 0 radical (unpaired) electrons. The minimum Gasteiger partial charge on any atom is -0.492 e. The number of piperidine rings is 1. The van der Waals surface area contributed by atoms with Crippen LogP contribution in [0.15, 0.2) is 67.4 Å². The lowest BCUT2D eigenvalue weighted by atomic mass is 9.73. The van der Waals surface area contributed by atoms with Crippen molar-refractivity contribution in [3.8, 4) is 5.75 Å². The van der Waals surface area contributed by atoms with Crippen LogP contribution in [0.4, 0.5) is 0 Å². The molecular formula is C30H39N5O2. The van der Waals surface area contributed by atoms with Crippen molar-refractivity contribution in [2.24, 2.45) is 5.41 Å². The van der Waals surface area contributed by atoms with E-state index in [4.69, 9.17) is 4.74 Å². The zero-order valence-electron chi connectivity index (χ0n) is 21.8. The van der Waals surface area contributed by atoms with Crippen molar-refractivity contribution in [1.29, 1.82) is 0 Å². The van der Waals surface area contributed by atoms with Crippen molar-refractivity contribution in [2.75, 3.05) is 32.8 Å². The van der Waals surface area contributed by atoms with E-state index < -0.39 is 0 Å². The number of imidazole rings is 1. The number of para-hydroxylation sites is 1. The minimum atomic E-state index is 0.217. The van der Waals surface area contributed by atoms with Crippen LogP contribution in [-0.2, 0) is 24.3 Å². The zero-order valence-corrected chi connectivity index (χ0v) is 21.8. The van der Waals surface area contributed by atoms with Gasteiger partial charge in [-0.2, -0.15) is 0 Å². The minimum absolute atomic E-state index is 0.217. The van der Waals surface area contributed by atoms with Gasteiger partial charge in [-0.25, -0.2) is 4.98 Å². The second kappa shape index (κ2) is 12.4. The molecule has 2 aliphatic heterocycles. The highest BCUT2D eigenvalue weighted by atomic mass is 16.5. The van der Waals surface area contributed by atoms with E-state index >= 15 is 0 Å². The molecule has 2 aliphatic rings. The number of amides is 1. The number of rotatable bonds is 5. The molecule has 0 aliphatic carbocycles. The van der Waals surface area contributed by atoms with Crippen LogP contribution in [0.25, 0.3) is 0 Å². The van der Waals surface area contributed by atoms with E-state index in [1.54, 1.807) is 12.5 Å². The molecule has 196 valence electrons. The molecule has 0 unspecified atom stereocenters. The zero-order chi connectivity index (χ0) is 25.3. The fourth-order valence-electron chi connectivity index (χ4n) is 5.88. The van der Waals surface area contributed by atoms with Crippen LogP contribution in [0.3, 0.4) is 0 Å². The van der Waals surface area contributed by atoms with Gasteiger partial charge >= 0.3 is 0 Å². The van der Waals surface area contributed by atoms with Crippen LogP contribution in [0, 0.1) is 5.41 Å². The first-order chi connectivity index (χ1) is 18.2. The summed E-state index contributed by atoms with van der Waals surface area (Å²) in [4.78, 5) is 26.3. The van der Waals surface area contributed by atoms with Crippen molar-refractivity contribution < 1.29 is 9.53 Å². The molecule has 1 saturated heterocycles. The number of carbonyl (C=O) groups is 1. The summed E-state index contributed by atoms with van der Waals surface area (Å²) in [5.74, 6) is 1.28. The van der Waals surface area contributed by atoms with Gasteiger partial charge in [0.1, 0.15) is 12.4 Å². The maximum atomic E-state index is 13.0. The Morgan fingerprint density at radius 3 is 2.65 bits per heavy atom. The van der Waals surface area contributed by atoms with Crippen molar-refractivity contribution in [2.45, 2.75) is 58.0 Å². The summed E-state index contributed by atoms with van der Waals surface area (Å²) in [6.07, 6.45) is 14.6. The van der Waals surface area contributed by atoms with Crippen molar-refractivity contribution in [3.05, 3.63) is 78.6 Å². The SMILES string of the molecule is O=C(CCn1ccnc1)N1CCC2(CCCCc3ccccc3OCCN(Cc3ccccn3)C2)CC1. The summed E-state index contributed by atoms with van der Waals surface area (Å²) >= 11 is 0. The van der Waals surface area contributed by atoms with Gasteiger partial charge in [-0.1, -0.05) is 30.7 Å². The fourth-order valence-corrected chi connectivity index (χ4v) is 5.88. The number of nitrogens with zero attached hydrogens (tertiary/aromatic N) is 5. The average molecular weight is 502 g/mol. The third kappa shape index (κ3) is 6.98. The molecule has 1 amide bonds. The Morgan fingerprint density at radius 2 is 1.84 bits per heavy atom. The first-order valence-corrected chi connectivity index (χ1v) is 13.8. The molecule has 3 aromatic rings. The Balaban J connectivity index is 1.27. The molecule has 37 heavy (non-hydrogen) atoms. The van der Waals surface area contributed by atoms with Crippen LogP contribution in [0.1, 0.15) is 49.8 Å². The predicted molar refractivity (Wildman–Crippen MR) is 144 cm³/mol. The lowest BCUT2D eigenvalue weighted by Crippen LogP contribution is -2.48. The van der Waals surface area contributed by atoms with Gasteiger partial charge in [0.15, 0.2) is 0 Å². The van der Waals surface area contributed by atoms with Gasteiger partial charge < -0.3 is 14.2 Å². The Hall–Kier alpha value is -3.19. The third-order valence-electron chi connectivity index (χ3n) is 8.03. The number of ether oxygens (including phenoxy) is 1. The molecule has 0 N–H and O–H groups in total. The first-order valence-electron chi connectivity index (χ1n) is 13.8. The lowest BCUT2D eigenvalue weighted by Gasteiger charge is -2.45. The lowest BCUT2D eigenvalue weighted by molar-refractivity contribution is -0.134. The van der Waals surface area contributed by atoms with Crippen LogP contribution in [0.5, 0.6) is 5.75 Å². The highest BCUT2D eigenvalue weighted by Gasteiger charge is 2.37. The van der Waals surface area contributed by atoms with Crippen molar-refractivity contribution in [3.63, 3.8) is 0 Å². The number of hydrogen-bond donors (Lipinski definition) is 0. The third-order valence-corrected chi connectivity index (χ3v) is 8.03. The van der Waals surface area contributed by atoms with Crippen LogP contribution >= 0.6 is 0 Å². The number of aryl methyl sites for hydroxylation is 2. The number of benzene rings is 1. The normalized spacial score (nSPS) is 18.9.